The second-order valence-corrected chi connectivity index (χ2v) is 6.08. The van der Waals surface area contributed by atoms with Crippen LogP contribution in [0, 0.1) is 12.3 Å². The molecule has 0 radical (unpaired) electrons. The number of carbonyl (C=O) groups is 1. The van der Waals surface area contributed by atoms with E-state index in [1.807, 2.05) is 25.1 Å². The van der Waals surface area contributed by atoms with E-state index in [1.54, 1.807) is 14.2 Å². The maximum Gasteiger partial charge on any atom is 0.319 e. The van der Waals surface area contributed by atoms with Gasteiger partial charge in [-0.05, 0) is 43.2 Å². The lowest BCUT2D eigenvalue weighted by molar-refractivity contribution is 0.0717. The highest BCUT2D eigenvalue weighted by molar-refractivity contribution is 5.90. The molecule has 5 heteroatoms. The third kappa shape index (κ3) is 4.13. The Balaban J connectivity index is 1.87. The zero-order valence-electron chi connectivity index (χ0n) is 13.7. The van der Waals surface area contributed by atoms with E-state index in [2.05, 4.69) is 10.6 Å². The molecule has 2 amide bonds. The fourth-order valence-electron chi connectivity index (χ4n) is 2.81. The fraction of sp³-hybridized carbons (Fsp3) is 0.588. The molecule has 122 valence electrons. The molecule has 22 heavy (non-hydrogen) atoms. The minimum absolute atomic E-state index is 0.167. The lowest BCUT2D eigenvalue weighted by atomic mass is 9.67. The van der Waals surface area contributed by atoms with E-state index in [4.69, 9.17) is 9.47 Å². The molecule has 1 saturated carbocycles. The van der Waals surface area contributed by atoms with Gasteiger partial charge in [0.15, 0.2) is 0 Å². The summed E-state index contributed by atoms with van der Waals surface area (Å²) in [6.07, 6.45) is 4.56. The van der Waals surface area contributed by atoms with Gasteiger partial charge >= 0.3 is 6.03 Å². The quantitative estimate of drug-likeness (QED) is 0.812. The van der Waals surface area contributed by atoms with Gasteiger partial charge in [-0.1, -0.05) is 12.5 Å². The second-order valence-electron chi connectivity index (χ2n) is 6.08. The van der Waals surface area contributed by atoms with Gasteiger partial charge in [-0.25, -0.2) is 4.79 Å². The molecule has 0 heterocycles. The van der Waals surface area contributed by atoms with E-state index in [0.29, 0.717) is 6.54 Å². The van der Waals surface area contributed by atoms with Crippen LogP contribution in [0.25, 0.3) is 0 Å². The Bertz CT molecular complexity index is 513. The van der Waals surface area contributed by atoms with Crippen LogP contribution < -0.4 is 15.4 Å². The third-order valence-corrected chi connectivity index (χ3v) is 4.57. The summed E-state index contributed by atoms with van der Waals surface area (Å²) in [5, 5.41) is 5.90. The van der Waals surface area contributed by atoms with Crippen molar-refractivity contribution in [2.45, 2.75) is 32.6 Å². The molecule has 2 N–H and O–H groups in total. The van der Waals surface area contributed by atoms with Crippen molar-refractivity contribution in [2.75, 3.05) is 32.7 Å². The van der Waals surface area contributed by atoms with Crippen LogP contribution in [0.2, 0.25) is 0 Å². The monoisotopic (exact) mass is 306 g/mol. The number of amides is 2. The van der Waals surface area contributed by atoms with Gasteiger partial charge in [0.2, 0.25) is 0 Å². The zero-order valence-corrected chi connectivity index (χ0v) is 13.7. The molecule has 0 spiro atoms. The van der Waals surface area contributed by atoms with Crippen LogP contribution in [0.1, 0.15) is 31.2 Å². The fourth-order valence-corrected chi connectivity index (χ4v) is 2.81. The maximum absolute atomic E-state index is 12.1. The van der Waals surface area contributed by atoms with E-state index in [9.17, 15) is 4.79 Å². The summed E-state index contributed by atoms with van der Waals surface area (Å²) in [6, 6.07) is 5.48. The highest BCUT2D eigenvalue weighted by Crippen LogP contribution is 2.43. The highest BCUT2D eigenvalue weighted by atomic mass is 16.5. The number of benzene rings is 1. The van der Waals surface area contributed by atoms with Crippen LogP contribution in [-0.4, -0.2) is 33.4 Å². The van der Waals surface area contributed by atoms with Gasteiger partial charge in [0.05, 0.1) is 7.11 Å². The van der Waals surface area contributed by atoms with Crippen molar-refractivity contribution in [3.63, 3.8) is 0 Å². The highest BCUT2D eigenvalue weighted by Gasteiger charge is 2.36. The van der Waals surface area contributed by atoms with Crippen molar-refractivity contribution in [1.82, 2.24) is 5.32 Å². The van der Waals surface area contributed by atoms with Gasteiger partial charge in [0.1, 0.15) is 5.75 Å². The Morgan fingerprint density at radius 2 is 2.09 bits per heavy atom. The smallest absolute Gasteiger partial charge is 0.319 e. The second kappa shape index (κ2) is 7.49. The lowest BCUT2D eigenvalue weighted by Gasteiger charge is -2.42. The summed E-state index contributed by atoms with van der Waals surface area (Å²) < 4.78 is 10.4. The van der Waals surface area contributed by atoms with Crippen molar-refractivity contribution in [1.29, 1.82) is 0 Å². The van der Waals surface area contributed by atoms with E-state index < -0.39 is 0 Å². The summed E-state index contributed by atoms with van der Waals surface area (Å²) in [4.78, 5) is 12.1. The van der Waals surface area contributed by atoms with Crippen molar-refractivity contribution >= 4 is 11.7 Å². The van der Waals surface area contributed by atoms with Crippen LogP contribution in [0.5, 0.6) is 5.75 Å². The Labute approximate surface area is 132 Å². The predicted octanol–water partition coefficient (Wildman–Crippen LogP) is 3.33. The summed E-state index contributed by atoms with van der Waals surface area (Å²) >= 11 is 0. The molecule has 1 aliphatic carbocycles. The number of carbonyl (C=O) groups excluding carboxylic acids is 1. The number of methoxy groups -OCH3 is 2. The Hall–Kier alpha value is -1.75. The third-order valence-electron chi connectivity index (χ3n) is 4.57. The number of anilines is 1. The van der Waals surface area contributed by atoms with E-state index >= 15 is 0 Å². The normalized spacial score (nSPS) is 15.8. The topological polar surface area (TPSA) is 59.6 Å². The van der Waals surface area contributed by atoms with Gasteiger partial charge in [-0.3, -0.25) is 0 Å². The minimum atomic E-state index is -0.167. The first-order valence-corrected chi connectivity index (χ1v) is 7.77. The molecule has 2 rings (SSSR count). The molecule has 1 aromatic carbocycles. The first-order chi connectivity index (χ1) is 10.6. The first-order valence-electron chi connectivity index (χ1n) is 7.77. The van der Waals surface area contributed by atoms with Gasteiger partial charge in [0, 0.05) is 32.0 Å². The molecule has 5 nitrogen and oxygen atoms in total. The number of ether oxygens (including phenoxy) is 2. The van der Waals surface area contributed by atoms with Crippen LogP contribution in [0.15, 0.2) is 18.2 Å². The predicted molar refractivity (Wildman–Crippen MR) is 87.5 cm³/mol. The molecule has 1 aromatic rings. The van der Waals surface area contributed by atoms with Crippen LogP contribution >= 0.6 is 0 Å². The number of aryl methyl sites for hydroxylation is 1. The molecule has 0 bridgehead atoms. The minimum Gasteiger partial charge on any atom is -0.497 e. The van der Waals surface area contributed by atoms with Gasteiger partial charge < -0.3 is 20.1 Å². The van der Waals surface area contributed by atoms with Crippen molar-refractivity contribution in [3.05, 3.63) is 23.8 Å². The van der Waals surface area contributed by atoms with Crippen LogP contribution in [0.4, 0.5) is 10.5 Å². The molecule has 1 aliphatic rings. The van der Waals surface area contributed by atoms with E-state index in [-0.39, 0.29) is 11.4 Å². The molecular formula is C17H26N2O3. The van der Waals surface area contributed by atoms with Crippen molar-refractivity contribution in [2.24, 2.45) is 5.41 Å². The van der Waals surface area contributed by atoms with Gasteiger partial charge in [-0.15, -0.1) is 0 Å². The summed E-state index contributed by atoms with van der Waals surface area (Å²) in [6.45, 7) is 3.41. The molecule has 1 fully saturated rings. The number of hydrogen-bond donors (Lipinski definition) is 2. The van der Waals surface area contributed by atoms with Gasteiger partial charge in [-0.2, -0.15) is 0 Å². The molecule has 0 saturated heterocycles. The van der Waals surface area contributed by atoms with Crippen LogP contribution in [0.3, 0.4) is 0 Å². The number of nitrogens with one attached hydrogen (secondary N) is 2. The zero-order chi connectivity index (χ0) is 16.0. The first kappa shape index (κ1) is 16.6. The molecule has 0 atom stereocenters. The van der Waals surface area contributed by atoms with Crippen molar-refractivity contribution in [3.8, 4) is 5.75 Å². The van der Waals surface area contributed by atoms with Gasteiger partial charge in [0.25, 0.3) is 0 Å². The lowest BCUT2D eigenvalue weighted by Crippen LogP contribution is -2.44. The Kier molecular flexibility index (Phi) is 5.66. The summed E-state index contributed by atoms with van der Waals surface area (Å²) in [7, 11) is 3.34. The number of rotatable bonds is 7. The molecule has 0 unspecified atom stereocenters. The SMILES string of the molecule is COCCC1(CNC(=O)Nc2cc(OC)ccc2C)CCC1. The van der Waals surface area contributed by atoms with E-state index in [1.165, 1.54) is 6.42 Å². The summed E-state index contributed by atoms with van der Waals surface area (Å²) in [5.74, 6) is 0.733. The molecule has 0 aromatic heterocycles. The number of hydrogen-bond acceptors (Lipinski definition) is 3. The summed E-state index contributed by atoms with van der Waals surface area (Å²) in [5.41, 5.74) is 2.00. The average Bonchev–Trinajstić information content (AvgIpc) is 2.48. The Morgan fingerprint density at radius 3 is 2.68 bits per heavy atom. The largest absolute Gasteiger partial charge is 0.497 e. The Morgan fingerprint density at radius 1 is 1.32 bits per heavy atom. The standard InChI is InChI=1S/C17H26N2O3/c1-13-5-6-14(22-3)11-15(13)19-16(20)18-12-17(7-4-8-17)9-10-21-2/h5-6,11H,4,7-10,12H2,1-3H3,(H2,18,19,20). The number of urea groups is 1. The molecule has 0 aliphatic heterocycles. The molecular weight excluding hydrogens is 280 g/mol. The maximum atomic E-state index is 12.1. The van der Waals surface area contributed by atoms with E-state index in [0.717, 1.165) is 42.9 Å². The average molecular weight is 306 g/mol. The van der Waals surface area contributed by atoms with Crippen LogP contribution in [-0.2, 0) is 4.74 Å². The van der Waals surface area contributed by atoms with Crippen molar-refractivity contribution < 1.29 is 14.3 Å².